The lowest BCUT2D eigenvalue weighted by atomic mass is 10.00. The van der Waals surface area contributed by atoms with E-state index in [2.05, 4.69) is 57.9 Å². The number of nitrogens with zero attached hydrogens (tertiary/aromatic N) is 3. The average Bonchev–Trinajstić information content (AvgIpc) is 3.48. The van der Waals surface area contributed by atoms with Crippen LogP contribution in [0.3, 0.4) is 0 Å². The van der Waals surface area contributed by atoms with Gasteiger partial charge in [-0.15, -0.1) is 0 Å². The zero-order chi connectivity index (χ0) is 24.5. The van der Waals surface area contributed by atoms with Gasteiger partial charge in [0.15, 0.2) is 5.11 Å². The topological polar surface area (TPSA) is 59.4 Å². The van der Waals surface area contributed by atoms with Crippen molar-refractivity contribution in [1.82, 2.24) is 14.9 Å². The van der Waals surface area contributed by atoms with E-state index in [0.717, 1.165) is 22.8 Å². The minimum atomic E-state index is -0.356. The van der Waals surface area contributed by atoms with Crippen LogP contribution in [0.1, 0.15) is 45.0 Å². The first-order valence-electron chi connectivity index (χ1n) is 11.4. The van der Waals surface area contributed by atoms with E-state index in [1.807, 2.05) is 42.6 Å². The van der Waals surface area contributed by atoms with E-state index >= 15 is 0 Å². The summed E-state index contributed by atoms with van der Waals surface area (Å²) in [5.74, 6) is -0.356. The Labute approximate surface area is 210 Å². The molecule has 0 saturated carbocycles. The average molecular weight is 483 g/mol. The molecule has 0 spiro atoms. The highest BCUT2D eigenvalue weighted by Gasteiger charge is 2.42. The number of methoxy groups -OCH3 is 1. The van der Waals surface area contributed by atoms with Crippen molar-refractivity contribution in [3.63, 3.8) is 0 Å². The first kappa shape index (κ1) is 22.8. The van der Waals surface area contributed by atoms with Gasteiger partial charge in [-0.3, -0.25) is 4.98 Å². The third-order valence-corrected chi connectivity index (χ3v) is 6.55. The van der Waals surface area contributed by atoms with Crippen LogP contribution < -0.4 is 10.2 Å². The molecule has 3 heterocycles. The largest absolute Gasteiger partial charge is 0.465 e. The second-order valence-electron chi connectivity index (χ2n) is 8.68. The minimum Gasteiger partial charge on any atom is -0.465 e. The van der Waals surface area contributed by atoms with E-state index in [1.165, 1.54) is 18.2 Å². The smallest absolute Gasteiger partial charge is 0.337 e. The molecule has 5 rings (SSSR count). The first-order valence-corrected chi connectivity index (χ1v) is 11.8. The first-order chi connectivity index (χ1) is 17.0. The van der Waals surface area contributed by atoms with E-state index in [0.29, 0.717) is 10.7 Å². The second-order valence-corrected chi connectivity index (χ2v) is 9.07. The molecule has 1 aliphatic heterocycles. The van der Waals surface area contributed by atoms with Gasteiger partial charge in [-0.25, -0.2) is 4.79 Å². The summed E-state index contributed by atoms with van der Waals surface area (Å²) in [6.07, 6.45) is 3.83. The number of hydrogen-bond acceptors (Lipinski definition) is 4. The Morgan fingerprint density at radius 3 is 2.37 bits per heavy atom. The molecule has 4 aromatic rings. The van der Waals surface area contributed by atoms with Crippen LogP contribution in [-0.4, -0.2) is 27.7 Å². The van der Waals surface area contributed by atoms with Gasteiger partial charge in [0.1, 0.15) is 6.04 Å². The maximum atomic E-state index is 11.9. The molecule has 1 N–H and O–H groups in total. The van der Waals surface area contributed by atoms with E-state index in [-0.39, 0.29) is 18.1 Å². The quantitative estimate of drug-likeness (QED) is 0.301. The minimum absolute atomic E-state index is 0.145. The normalized spacial score (nSPS) is 17.3. The Morgan fingerprint density at radius 1 is 0.971 bits per heavy atom. The monoisotopic (exact) mass is 482 g/mol. The molecule has 2 atom stereocenters. The van der Waals surface area contributed by atoms with Gasteiger partial charge in [0.2, 0.25) is 0 Å². The third-order valence-electron chi connectivity index (χ3n) is 6.23. The van der Waals surface area contributed by atoms with E-state index in [9.17, 15) is 4.79 Å². The van der Waals surface area contributed by atoms with Crippen LogP contribution in [-0.2, 0) is 4.74 Å². The predicted molar refractivity (Wildman–Crippen MR) is 141 cm³/mol. The number of benzene rings is 2. The van der Waals surface area contributed by atoms with Crippen molar-refractivity contribution in [2.24, 2.45) is 0 Å². The number of pyridine rings is 1. The number of carbonyl (C=O) groups is 1. The molecule has 2 aromatic carbocycles. The molecule has 6 nitrogen and oxygen atoms in total. The fourth-order valence-electron chi connectivity index (χ4n) is 4.77. The Kier molecular flexibility index (Phi) is 6.09. The summed E-state index contributed by atoms with van der Waals surface area (Å²) >= 11 is 5.88. The summed E-state index contributed by atoms with van der Waals surface area (Å²) < 4.78 is 6.98. The van der Waals surface area contributed by atoms with Crippen molar-refractivity contribution in [2.75, 3.05) is 12.0 Å². The van der Waals surface area contributed by atoms with Crippen LogP contribution in [0.25, 0.3) is 5.69 Å². The zero-order valence-corrected chi connectivity index (χ0v) is 20.6. The Hall–Kier alpha value is -3.97. The molecular formula is C28H26N4O2S. The number of aryl methyl sites for hydroxylation is 2. The molecule has 1 saturated heterocycles. The maximum absolute atomic E-state index is 11.9. The van der Waals surface area contributed by atoms with Crippen molar-refractivity contribution in [3.8, 4) is 5.69 Å². The van der Waals surface area contributed by atoms with Crippen LogP contribution >= 0.6 is 12.2 Å². The number of rotatable bonds is 5. The van der Waals surface area contributed by atoms with Crippen molar-refractivity contribution >= 4 is 29.0 Å². The van der Waals surface area contributed by atoms with Gasteiger partial charge in [-0.05, 0) is 97.9 Å². The van der Waals surface area contributed by atoms with Gasteiger partial charge in [0, 0.05) is 29.5 Å². The molecule has 176 valence electrons. The highest BCUT2D eigenvalue weighted by Crippen LogP contribution is 2.42. The summed E-state index contributed by atoms with van der Waals surface area (Å²) in [5, 5.41) is 4.18. The molecule has 0 unspecified atom stereocenters. The molecule has 1 fully saturated rings. The highest BCUT2D eigenvalue weighted by molar-refractivity contribution is 7.80. The van der Waals surface area contributed by atoms with Gasteiger partial charge >= 0.3 is 5.97 Å². The lowest BCUT2D eigenvalue weighted by Crippen LogP contribution is -2.30. The van der Waals surface area contributed by atoms with Crippen LogP contribution in [0.4, 0.5) is 5.69 Å². The third kappa shape index (κ3) is 4.31. The number of ether oxygens (including phenoxy) is 1. The SMILES string of the molecule is COC(=O)c1ccc(-n2cccc2[C@H]2[C@@H](c3ccccn3)NC(=S)N2c2cc(C)cc(C)c2)cc1. The number of anilines is 1. The number of hydrogen-bond donors (Lipinski definition) is 1. The van der Waals surface area contributed by atoms with E-state index in [1.54, 1.807) is 18.3 Å². The summed E-state index contributed by atoms with van der Waals surface area (Å²) in [6, 6.07) is 23.7. The van der Waals surface area contributed by atoms with Crippen molar-refractivity contribution < 1.29 is 9.53 Å². The van der Waals surface area contributed by atoms with Gasteiger partial charge in [0.05, 0.1) is 24.4 Å². The van der Waals surface area contributed by atoms with Crippen molar-refractivity contribution in [3.05, 3.63) is 113 Å². The molecule has 0 aliphatic carbocycles. The number of thiocarbonyl (C=S) groups is 1. The lowest BCUT2D eigenvalue weighted by Gasteiger charge is -2.29. The summed E-state index contributed by atoms with van der Waals surface area (Å²) in [6.45, 7) is 4.19. The molecular weight excluding hydrogens is 456 g/mol. The van der Waals surface area contributed by atoms with E-state index < -0.39 is 0 Å². The summed E-state index contributed by atoms with van der Waals surface area (Å²) in [5.41, 5.74) is 6.82. The van der Waals surface area contributed by atoms with Gasteiger partial charge in [-0.1, -0.05) is 12.1 Å². The summed E-state index contributed by atoms with van der Waals surface area (Å²) in [7, 11) is 1.38. The molecule has 0 bridgehead atoms. The van der Waals surface area contributed by atoms with Crippen LogP contribution in [0.15, 0.2) is 85.2 Å². The fourth-order valence-corrected chi connectivity index (χ4v) is 5.12. The Balaban J connectivity index is 1.64. The molecule has 0 radical (unpaired) electrons. The van der Waals surface area contributed by atoms with Gasteiger partial charge in [0.25, 0.3) is 0 Å². The highest BCUT2D eigenvalue weighted by atomic mass is 32.1. The van der Waals surface area contributed by atoms with Crippen molar-refractivity contribution in [1.29, 1.82) is 0 Å². The Bertz CT molecular complexity index is 1360. The molecule has 0 amide bonds. The number of nitrogens with one attached hydrogen (secondary N) is 1. The van der Waals surface area contributed by atoms with Crippen LogP contribution in [0, 0.1) is 13.8 Å². The summed E-state index contributed by atoms with van der Waals surface area (Å²) in [4.78, 5) is 18.7. The number of carbonyl (C=O) groups excluding carboxylic acids is 1. The van der Waals surface area contributed by atoms with Gasteiger partial charge < -0.3 is 19.5 Å². The molecule has 1 aliphatic rings. The maximum Gasteiger partial charge on any atom is 0.337 e. The molecule has 35 heavy (non-hydrogen) atoms. The number of esters is 1. The molecule has 7 heteroatoms. The van der Waals surface area contributed by atoms with Gasteiger partial charge in [-0.2, -0.15) is 0 Å². The number of aromatic nitrogens is 2. The lowest BCUT2D eigenvalue weighted by molar-refractivity contribution is 0.0600. The Morgan fingerprint density at radius 2 is 1.71 bits per heavy atom. The standard InChI is InChI=1S/C28H26N4O2S/c1-18-15-19(2)17-22(16-18)32-26(25(30-28(32)35)23-7-4-5-13-29-23)24-8-6-14-31(24)21-11-9-20(10-12-21)27(33)34-3/h4-17,25-26H,1-3H3,(H,30,35)/t25-,26+/m1/s1. The van der Waals surface area contributed by atoms with Crippen LogP contribution in [0.5, 0.6) is 0 Å². The molecule has 2 aromatic heterocycles. The van der Waals surface area contributed by atoms with E-state index in [4.69, 9.17) is 17.0 Å². The zero-order valence-electron chi connectivity index (χ0n) is 19.8. The van der Waals surface area contributed by atoms with Crippen molar-refractivity contribution in [2.45, 2.75) is 25.9 Å². The fraction of sp³-hybridized carbons (Fsp3) is 0.179. The second kappa shape index (κ2) is 9.35. The van der Waals surface area contributed by atoms with Crippen LogP contribution in [0.2, 0.25) is 0 Å². The predicted octanol–water partition coefficient (Wildman–Crippen LogP) is 5.45.